The normalized spacial score (nSPS) is 17.5. The van der Waals surface area contributed by atoms with Crippen molar-refractivity contribution in [3.63, 3.8) is 0 Å². The summed E-state index contributed by atoms with van der Waals surface area (Å²) in [6.07, 6.45) is 5.11. The zero-order valence-corrected chi connectivity index (χ0v) is 11.2. The van der Waals surface area contributed by atoms with E-state index in [1.165, 1.54) is 32.2 Å². The van der Waals surface area contributed by atoms with Crippen LogP contribution in [0.15, 0.2) is 23.1 Å². The number of hydrogen-bond acceptors (Lipinski definition) is 1. The predicted molar refractivity (Wildman–Crippen MR) is 70.4 cm³/mol. The van der Waals surface area contributed by atoms with Crippen LogP contribution in [0.3, 0.4) is 0 Å². The molecular weight excluding hydrogens is 261 g/mol. The zero-order chi connectivity index (χ0) is 10.8. The van der Waals surface area contributed by atoms with Crippen LogP contribution in [-0.4, -0.2) is 27.6 Å². The first-order valence-electron chi connectivity index (χ1n) is 6.14. The van der Waals surface area contributed by atoms with Crippen molar-refractivity contribution in [2.24, 2.45) is 0 Å². The molecule has 0 fully saturated rings. The molecule has 0 bridgehead atoms. The molecule has 0 saturated carbocycles. The van der Waals surface area contributed by atoms with Gasteiger partial charge in [0, 0.05) is 0 Å². The first kappa shape index (κ1) is 10.6. The Labute approximate surface area is 103 Å². The molecule has 16 heavy (non-hydrogen) atoms. The van der Waals surface area contributed by atoms with E-state index in [1.807, 2.05) is 0 Å². The second-order valence-corrected chi connectivity index (χ2v) is 6.42. The van der Waals surface area contributed by atoms with Crippen LogP contribution >= 0.6 is 0 Å². The van der Waals surface area contributed by atoms with Gasteiger partial charge in [0.25, 0.3) is 0 Å². The molecular formula is C14H17NSe. The van der Waals surface area contributed by atoms with Crippen LogP contribution in [-0.2, 0) is 12.8 Å². The third kappa shape index (κ3) is 1.98. The summed E-state index contributed by atoms with van der Waals surface area (Å²) in [6.45, 7) is 2.34. The molecule has 1 aromatic carbocycles. The minimum atomic E-state index is 0.592. The monoisotopic (exact) mass is 279 g/mol. The average Bonchev–Trinajstić information content (AvgIpc) is 2.73. The molecule has 0 saturated heterocycles. The van der Waals surface area contributed by atoms with E-state index in [4.69, 9.17) is 0 Å². The van der Waals surface area contributed by atoms with Gasteiger partial charge in [-0.1, -0.05) is 0 Å². The van der Waals surface area contributed by atoms with Gasteiger partial charge in [-0.3, -0.25) is 0 Å². The van der Waals surface area contributed by atoms with Gasteiger partial charge in [0.1, 0.15) is 0 Å². The van der Waals surface area contributed by atoms with E-state index in [1.54, 1.807) is 20.8 Å². The first-order chi connectivity index (χ1) is 7.95. The van der Waals surface area contributed by atoms with Gasteiger partial charge in [0.05, 0.1) is 0 Å². The Morgan fingerprint density at radius 2 is 2.00 bits per heavy atom. The molecule has 3 rings (SSSR count). The van der Waals surface area contributed by atoms with E-state index in [0.29, 0.717) is 14.5 Å². The van der Waals surface area contributed by atoms with Crippen LogP contribution in [0.25, 0.3) is 9.65 Å². The van der Waals surface area contributed by atoms with Crippen molar-refractivity contribution < 1.29 is 0 Å². The maximum absolute atomic E-state index is 3.54. The molecule has 2 heterocycles. The summed E-state index contributed by atoms with van der Waals surface area (Å²) < 4.78 is 1.61. The Kier molecular flexibility index (Phi) is 3.14. The van der Waals surface area contributed by atoms with Crippen LogP contribution < -0.4 is 5.32 Å². The van der Waals surface area contributed by atoms with Gasteiger partial charge < -0.3 is 0 Å². The van der Waals surface area contributed by atoms with Gasteiger partial charge in [-0.05, 0) is 0 Å². The average molecular weight is 278 g/mol. The molecule has 2 heteroatoms. The summed E-state index contributed by atoms with van der Waals surface area (Å²) in [7, 11) is 0. The molecule has 0 amide bonds. The van der Waals surface area contributed by atoms with E-state index in [9.17, 15) is 0 Å². The van der Waals surface area contributed by atoms with E-state index in [2.05, 4.69) is 28.5 Å². The fourth-order valence-corrected chi connectivity index (χ4v) is 4.72. The Balaban J connectivity index is 2.10. The van der Waals surface area contributed by atoms with E-state index in [0.717, 1.165) is 6.54 Å². The standard InChI is InChI=1S/C14H17NSe/c1-2-8-15-9-7-12-10-16-13-6-3-5-11(4-1)14(12)13/h3,5-6,10,15H,1-2,4,7-9H2. The predicted octanol–water partition coefficient (Wildman–Crippen LogP) is 2.37. The quantitative estimate of drug-likeness (QED) is 0.730. The number of rotatable bonds is 0. The summed E-state index contributed by atoms with van der Waals surface area (Å²) in [5.74, 6) is 0. The van der Waals surface area contributed by atoms with Crippen LogP contribution in [0.5, 0.6) is 0 Å². The summed E-state index contributed by atoms with van der Waals surface area (Å²) in [4.78, 5) is 2.49. The molecule has 1 N–H and O–H groups in total. The summed E-state index contributed by atoms with van der Waals surface area (Å²) in [5, 5.41) is 5.16. The number of nitrogens with one attached hydrogen (secondary N) is 1. The second kappa shape index (κ2) is 4.75. The fraction of sp³-hybridized carbons (Fsp3) is 0.429. The molecule has 1 aromatic heterocycles. The van der Waals surface area contributed by atoms with E-state index >= 15 is 0 Å². The van der Waals surface area contributed by atoms with Crippen molar-refractivity contribution in [2.45, 2.75) is 25.7 Å². The zero-order valence-electron chi connectivity index (χ0n) is 9.46. The number of hydrogen-bond donors (Lipinski definition) is 1. The van der Waals surface area contributed by atoms with Gasteiger partial charge >= 0.3 is 103 Å². The molecule has 1 aliphatic heterocycles. The summed E-state index contributed by atoms with van der Waals surface area (Å²) in [6, 6.07) is 6.90. The third-order valence-electron chi connectivity index (χ3n) is 3.38. The van der Waals surface area contributed by atoms with Crippen LogP contribution in [0.4, 0.5) is 0 Å². The van der Waals surface area contributed by atoms with Crippen molar-refractivity contribution in [3.05, 3.63) is 34.3 Å². The molecule has 0 spiro atoms. The van der Waals surface area contributed by atoms with E-state index in [-0.39, 0.29) is 0 Å². The Hall–Kier alpha value is -0.561. The van der Waals surface area contributed by atoms with E-state index < -0.39 is 0 Å². The number of benzene rings is 1. The molecule has 1 nitrogen and oxygen atoms in total. The van der Waals surface area contributed by atoms with Gasteiger partial charge in [-0.2, -0.15) is 0 Å². The van der Waals surface area contributed by atoms with Gasteiger partial charge in [-0.25, -0.2) is 0 Å². The molecule has 84 valence electrons. The molecule has 0 atom stereocenters. The first-order valence-corrected chi connectivity index (χ1v) is 7.98. The summed E-state index contributed by atoms with van der Waals surface area (Å²) >= 11 is 0.592. The van der Waals surface area contributed by atoms with Crippen molar-refractivity contribution in [3.8, 4) is 0 Å². The van der Waals surface area contributed by atoms with Crippen LogP contribution in [0, 0.1) is 0 Å². The Morgan fingerprint density at radius 1 is 1.00 bits per heavy atom. The van der Waals surface area contributed by atoms with Gasteiger partial charge in [-0.15, -0.1) is 0 Å². The number of aryl methyl sites for hydroxylation is 1. The van der Waals surface area contributed by atoms with Crippen molar-refractivity contribution in [1.82, 2.24) is 5.32 Å². The fourth-order valence-electron chi connectivity index (χ4n) is 2.54. The molecule has 0 unspecified atom stereocenters. The third-order valence-corrected chi connectivity index (χ3v) is 5.47. The molecule has 0 radical (unpaired) electrons. The van der Waals surface area contributed by atoms with Crippen LogP contribution in [0.2, 0.25) is 0 Å². The van der Waals surface area contributed by atoms with Crippen molar-refractivity contribution >= 4 is 24.1 Å². The molecule has 2 aromatic rings. The van der Waals surface area contributed by atoms with Crippen molar-refractivity contribution in [1.29, 1.82) is 0 Å². The topological polar surface area (TPSA) is 12.0 Å². The minimum absolute atomic E-state index is 0.592. The van der Waals surface area contributed by atoms with Gasteiger partial charge in [0.15, 0.2) is 0 Å². The SMILES string of the molecule is c1cc2c3c(c[se]c3c1)CCNCCCC2. The Bertz CT molecular complexity index is 486. The molecule has 0 aliphatic carbocycles. The summed E-state index contributed by atoms with van der Waals surface area (Å²) in [5.41, 5.74) is 3.21. The molecule has 1 aliphatic rings. The van der Waals surface area contributed by atoms with Crippen LogP contribution in [0.1, 0.15) is 24.0 Å². The van der Waals surface area contributed by atoms with Crippen molar-refractivity contribution in [2.75, 3.05) is 13.1 Å². The Morgan fingerprint density at radius 3 is 3.00 bits per heavy atom. The maximum atomic E-state index is 3.54. The second-order valence-electron chi connectivity index (χ2n) is 4.51. The van der Waals surface area contributed by atoms with Gasteiger partial charge in [0.2, 0.25) is 0 Å².